The van der Waals surface area contributed by atoms with Gasteiger partial charge in [-0.1, -0.05) is 156 Å². The number of esters is 2. The molecule has 1 atom stereocenters. The van der Waals surface area contributed by atoms with Crippen LogP contribution in [0.1, 0.15) is 90.4 Å². The third kappa shape index (κ3) is 23.3. The summed E-state index contributed by atoms with van der Waals surface area (Å²) < 4.78 is 33.7. The van der Waals surface area contributed by atoms with E-state index in [2.05, 4.69) is 128 Å². The first kappa shape index (κ1) is 66.1. The third-order valence-corrected chi connectivity index (χ3v) is 19.8. The van der Waals surface area contributed by atoms with Crippen LogP contribution in [0.2, 0.25) is 38.3 Å². The molecule has 0 spiro atoms. The van der Waals surface area contributed by atoms with Gasteiger partial charge in [0, 0.05) is 0 Å². The summed E-state index contributed by atoms with van der Waals surface area (Å²) in [5.74, 6) is 3.98. The Hall–Kier alpha value is -8.69. The van der Waals surface area contributed by atoms with Gasteiger partial charge in [-0.3, -0.25) is 0 Å². The van der Waals surface area contributed by atoms with Crippen LogP contribution in [0.3, 0.4) is 0 Å². The van der Waals surface area contributed by atoms with Gasteiger partial charge < -0.3 is 28.4 Å². The van der Waals surface area contributed by atoms with Gasteiger partial charge in [0.25, 0.3) is 0 Å². The first-order chi connectivity index (χ1) is 40.3. The number of carbonyl (C=O) groups excluding carboxylic acids is 2. The monoisotopic (exact) mass is 1160 g/mol. The zero-order valence-electron chi connectivity index (χ0n) is 50.9. The lowest BCUT2D eigenvalue weighted by Crippen LogP contribution is -2.33. The van der Waals surface area contributed by atoms with Crippen LogP contribution in [-0.4, -0.2) is 53.8 Å². The number of nitriles is 2. The lowest BCUT2D eigenvalue weighted by molar-refractivity contribution is 0.0725. The van der Waals surface area contributed by atoms with Crippen LogP contribution in [0, 0.1) is 42.4 Å². The molecule has 8 rings (SSSR count). The second-order valence-electron chi connectivity index (χ2n) is 22.1. The number of benzene rings is 8. The molecule has 0 aliphatic carbocycles. The minimum Gasteiger partial charge on any atom is -0.497 e. The first-order valence-corrected chi connectivity index (χ1v) is 35.7. The van der Waals surface area contributed by atoms with Crippen LogP contribution in [0.25, 0.3) is 22.3 Å². The van der Waals surface area contributed by atoms with Gasteiger partial charge in [-0.25, -0.2) is 9.59 Å². The Balaban J connectivity index is 0.000000213. The SMILES string of the molecule is CCC(C)CCOc1ccc(OC(=O)c2ccc(OC[Si](C)(C)CC)cc2)cc1.CCOc1ccc(OC(=O)c2ccc(OC[Si](C)(C)CC)cc2)cc1.Cc1ccc(-c2ccc(C#N)cc2)cc1.Cc1ccc(-c2ccc(C#N)cc2)cc1. The topological polar surface area (TPSA) is 137 Å². The molecular weight excluding hydrogens is 1080 g/mol. The number of carbonyl (C=O) groups is 2. The van der Waals surface area contributed by atoms with Crippen molar-refractivity contribution in [2.75, 3.05) is 25.7 Å². The molecule has 10 nitrogen and oxygen atoms in total. The maximum absolute atomic E-state index is 12.4. The van der Waals surface area contributed by atoms with Crippen molar-refractivity contribution >= 4 is 28.1 Å². The van der Waals surface area contributed by atoms with Crippen LogP contribution in [0.15, 0.2) is 194 Å². The molecule has 0 saturated heterocycles. The minimum atomic E-state index is -1.29. The van der Waals surface area contributed by atoms with Gasteiger partial charge in [-0.15, -0.1) is 0 Å². The molecule has 84 heavy (non-hydrogen) atoms. The molecule has 0 N–H and O–H groups in total. The molecule has 0 heterocycles. The number of nitrogens with zero attached hydrogens (tertiary/aromatic N) is 2. The average molecular weight is 1160 g/mol. The van der Waals surface area contributed by atoms with Gasteiger partial charge in [0.1, 0.15) is 34.5 Å². The number of aryl methyl sites for hydroxylation is 2. The highest BCUT2D eigenvalue weighted by Gasteiger charge is 2.20. The summed E-state index contributed by atoms with van der Waals surface area (Å²) in [4.78, 5) is 24.6. The fraction of sp³-hybridized carbons (Fsp3) is 0.278. The largest absolute Gasteiger partial charge is 0.497 e. The molecular formula is C72H82N2O8Si2. The van der Waals surface area contributed by atoms with Gasteiger partial charge in [-0.2, -0.15) is 10.5 Å². The quantitative estimate of drug-likeness (QED) is 0.0388. The first-order valence-electron chi connectivity index (χ1n) is 28.9. The van der Waals surface area contributed by atoms with Crippen molar-refractivity contribution in [1.29, 1.82) is 10.5 Å². The van der Waals surface area contributed by atoms with E-state index in [4.69, 9.17) is 38.9 Å². The van der Waals surface area contributed by atoms with Gasteiger partial charge in [0.05, 0.1) is 76.2 Å². The normalized spacial score (nSPS) is 11.0. The summed E-state index contributed by atoms with van der Waals surface area (Å²) in [6.07, 6.45) is 3.74. The zero-order valence-corrected chi connectivity index (χ0v) is 52.9. The molecule has 0 radical (unpaired) electrons. The molecule has 0 aliphatic heterocycles. The lowest BCUT2D eigenvalue weighted by atomic mass is 10.0. The second-order valence-corrected chi connectivity index (χ2v) is 32.7. The summed E-state index contributed by atoms with van der Waals surface area (Å²) in [7, 11) is -2.57. The molecule has 436 valence electrons. The number of ether oxygens (including phenoxy) is 6. The Morgan fingerprint density at radius 1 is 0.417 bits per heavy atom. The summed E-state index contributed by atoms with van der Waals surface area (Å²) in [5.41, 5.74) is 9.57. The Labute approximate surface area is 501 Å². The highest BCUT2D eigenvalue weighted by atomic mass is 28.3. The zero-order chi connectivity index (χ0) is 60.9. The van der Waals surface area contributed by atoms with Gasteiger partial charge >= 0.3 is 11.9 Å². The van der Waals surface area contributed by atoms with E-state index in [0.717, 1.165) is 59.4 Å². The highest BCUT2D eigenvalue weighted by molar-refractivity contribution is 6.77. The minimum absolute atomic E-state index is 0.384. The molecule has 0 amide bonds. The van der Waals surface area contributed by atoms with Crippen molar-refractivity contribution in [1.82, 2.24) is 0 Å². The molecule has 0 aromatic heterocycles. The predicted octanol–water partition coefficient (Wildman–Crippen LogP) is 18.4. The number of hydrogen-bond acceptors (Lipinski definition) is 10. The van der Waals surface area contributed by atoms with E-state index in [0.29, 0.717) is 52.9 Å². The summed E-state index contributed by atoms with van der Waals surface area (Å²) >= 11 is 0. The van der Waals surface area contributed by atoms with Crippen molar-refractivity contribution < 1.29 is 38.0 Å². The molecule has 12 heteroatoms. The Kier molecular flexibility index (Phi) is 26.8. The molecule has 0 fully saturated rings. The Morgan fingerprint density at radius 3 is 1.02 bits per heavy atom. The van der Waals surface area contributed by atoms with E-state index in [1.165, 1.54) is 34.3 Å². The van der Waals surface area contributed by atoms with Crippen molar-refractivity contribution in [2.45, 2.75) is 99.6 Å². The molecule has 1 unspecified atom stereocenters. The van der Waals surface area contributed by atoms with Crippen LogP contribution < -0.4 is 28.4 Å². The lowest BCUT2D eigenvalue weighted by Gasteiger charge is -2.20. The van der Waals surface area contributed by atoms with Crippen molar-refractivity contribution in [2.24, 2.45) is 5.92 Å². The van der Waals surface area contributed by atoms with Crippen LogP contribution in [0.4, 0.5) is 0 Å². The van der Waals surface area contributed by atoms with Crippen molar-refractivity contribution in [3.05, 3.63) is 228 Å². The second kappa shape index (κ2) is 34.0. The predicted molar refractivity (Wildman–Crippen MR) is 346 cm³/mol. The summed E-state index contributed by atoms with van der Waals surface area (Å²) in [5, 5.41) is 17.4. The smallest absolute Gasteiger partial charge is 0.343 e. The van der Waals surface area contributed by atoms with Gasteiger partial charge in [0.2, 0.25) is 0 Å². The molecule has 0 bridgehead atoms. The summed E-state index contributed by atoms with van der Waals surface area (Å²) in [6, 6.07) is 67.0. The number of rotatable bonds is 21. The fourth-order valence-corrected chi connectivity index (χ4v) is 8.91. The molecule has 0 saturated carbocycles. The molecule has 0 aliphatic rings. The fourth-order valence-electron chi connectivity index (χ4n) is 7.39. The maximum Gasteiger partial charge on any atom is 0.343 e. The van der Waals surface area contributed by atoms with Crippen LogP contribution in [-0.2, 0) is 0 Å². The standard InChI is InChI=1S/C24H34O4Si.C20H26O4Si.2C14H11N/c1-6-19(3)16-17-26-21-12-14-23(15-13-21)28-24(25)20-8-10-22(11-9-20)27-18-29(4,5)7-2;1-5-22-17-11-13-19(14-12-17)24-20(21)16-7-9-18(10-8-16)23-15-25(3,4)6-2;2*1-11-2-6-13(7-3-11)14-8-4-12(10-15)5-9-14/h8-15,19H,6-7,16-18H2,1-5H3;7-14H,5-6,15H2,1-4H3;2*2-9H,1H3. The van der Waals surface area contributed by atoms with Crippen molar-refractivity contribution in [3.8, 4) is 68.9 Å². The molecule has 8 aromatic carbocycles. The molecule has 8 aromatic rings. The highest BCUT2D eigenvalue weighted by Crippen LogP contribution is 2.25. The van der Waals surface area contributed by atoms with Crippen LogP contribution in [0.5, 0.6) is 34.5 Å². The average Bonchev–Trinajstić information content (AvgIpc) is 3.64. The van der Waals surface area contributed by atoms with E-state index < -0.39 is 16.1 Å². The third-order valence-electron chi connectivity index (χ3n) is 14.1. The maximum atomic E-state index is 12.4. The van der Waals surface area contributed by atoms with E-state index in [9.17, 15) is 9.59 Å². The Bertz CT molecular complexity index is 3220. The van der Waals surface area contributed by atoms with Crippen LogP contribution >= 0.6 is 0 Å². The van der Waals surface area contributed by atoms with E-state index in [1.807, 2.05) is 91.9 Å². The Morgan fingerprint density at radius 2 is 0.714 bits per heavy atom. The van der Waals surface area contributed by atoms with Gasteiger partial charge in [0.15, 0.2) is 0 Å². The van der Waals surface area contributed by atoms with E-state index in [1.54, 1.807) is 60.7 Å². The van der Waals surface area contributed by atoms with Gasteiger partial charge in [-0.05, 0) is 177 Å². The number of hydrogen-bond donors (Lipinski definition) is 0. The summed E-state index contributed by atoms with van der Waals surface area (Å²) in [6.45, 7) is 25.4. The van der Waals surface area contributed by atoms with E-state index in [-0.39, 0.29) is 11.9 Å². The van der Waals surface area contributed by atoms with E-state index >= 15 is 0 Å². The van der Waals surface area contributed by atoms with Crippen molar-refractivity contribution in [3.63, 3.8) is 0 Å².